The molecule has 0 aliphatic heterocycles. The smallest absolute Gasteiger partial charge is 0.138 e. The van der Waals surface area contributed by atoms with Crippen LogP contribution in [0.1, 0.15) is 51.0 Å². The third kappa shape index (κ3) is 6.09. The van der Waals surface area contributed by atoms with Crippen molar-refractivity contribution in [2.45, 2.75) is 58.0 Å². The normalized spacial score (nSPS) is 16.1. The molecule has 120 valence electrons. The average molecular weight is 442 g/mol. The largest absolute Gasteiger partial charge is 0.492 e. The van der Waals surface area contributed by atoms with Gasteiger partial charge in [0.2, 0.25) is 0 Å². The molecular formula is C16H24Br2ClNO. The van der Waals surface area contributed by atoms with Gasteiger partial charge in [0.05, 0.1) is 11.1 Å². The van der Waals surface area contributed by atoms with E-state index in [2.05, 4.69) is 43.2 Å². The first kappa shape index (κ1) is 19.3. The minimum atomic E-state index is 0. The van der Waals surface area contributed by atoms with E-state index in [0.717, 1.165) is 21.2 Å². The maximum Gasteiger partial charge on any atom is 0.138 e. The van der Waals surface area contributed by atoms with Gasteiger partial charge in [0.15, 0.2) is 0 Å². The number of hydrogen-bond donors (Lipinski definition) is 1. The molecule has 0 saturated heterocycles. The van der Waals surface area contributed by atoms with Crippen molar-refractivity contribution < 1.29 is 4.74 Å². The molecule has 2 nitrogen and oxygen atoms in total. The summed E-state index contributed by atoms with van der Waals surface area (Å²) in [6.45, 7) is 3.59. The highest BCUT2D eigenvalue weighted by atomic mass is 79.9. The molecule has 1 aliphatic rings. The van der Waals surface area contributed by atoms with Crippen molar-refractivity contribution in [1.82, 2.24) is 5.32 Å². The molecule has 5 heteroatoms. The van der Waals surface area contributed by atoms with Gasteiger partial charge in [-0.1, -0.05) is 41.6 Å². The summed E-state index contributed by atoms with van der Waals surface area (Å²) in [5, 5.41) is 3.71. The molecule has 0 spiro atoms. The van der Waals surface area contributed by atoms with Crippen LogP contribution in [-0.4, -0.2) is 12.6 Å². The second kappa shape index (κ2) is 10.1. The lowest BCUT2D eigenvalue weighted by Crippen LogP contribution is -2.28. The van der Waals surface area contributed by atoms with E-state index in [-0.39, 0.29) is 12.4 Å². The fourth-order valence-electron chi connectivity index (χ4n) is 2.79. The first-order chi connectivity index (χ1) is 9.70. The first-order valence-corrected chi connectivity index (χ1v) is 9.13. The van der Waals surface area contributed by atoms with Gasteiger partial charge < -0.3 is 10.1 Å². The van der Waals surface area contributed by atoms with Crippen LogP contribution in [-0.2, 0) is 6.54 Å². The van der Waals surface area contributed by atoms with Crippen LogP contribution in [0.4, 0.5) is 0 Å². The van der Waals surface area contributed by atoms with Crippen LogP contribution in [0.5, 0.6) is 5.75 Å². The van der Waals surface area contributed by atoms with E-state index in [1.54, 1.807) is 0 Å². The summed E-state index contributed by atoms with van der Waals surface area (Å²) in [5.41, 5.74) is 1.22. The van der Waals surface area contributed by atoms with Gasteiger partial charge in [0.1, 0.15) is 5.75 Å². The molecule has 1 aromatic rings. The highest BCUT2D eigenvalue weighted by molar-refractivity contribution is 9.11. The number of nitrogens with one attached hydrogen (secondary N) is 1. The lowest BCUT2D eigenvalue weighted by atomic mass is 10.1. The van der Waals surface area contributed by atoms with Crippen LogP contribution in [0.3, 0.4) is 0 Å². The predicted octanol–water partition coefficient (Wildman–Crippen LogP) is 5.84. The summed E-state index contributed by atoms with van der Waals surface area (Å²) < 4.78 is 7.89. The summed E-state index contributed by atoms with van der Waals surface area (Å²) in [6, 6.07) is 4.85. The maximum atomic E-state index is 5.78. The third-order valence-electron chi connectivity index (χ3n) is 3.81. The number of halogens is 3. The molecule has 0 aromatic heterocycles. The highest BCUT2D eigenvalue weighted by Gasteiger charge is 2.14. The Morgan fingerprint density at radius 1 is 1.14 bits per heavy atom. The molecule has 1 saturated carbocycles. The summed E-state index contributed by atoms with van der Waals surface area (Å²) in [6.07, 6.45) is 8.12. The van der Waals surface area contributed by atoms with Gasteiger partial charge in [-0.2, -0.15) is 0 Å². The van der Waals surface area contributed by atoms with Crippen molar-refractivity contribution in [2.24, 2.45) is 0 Å². The van der Waals surface area contributed by atoms with Crippen LogP contribution in [0.15, 0.2) is 21.1 Å². The highest BCUT2D eigenvalue weighted by Crippen LogP contribution is 2.33. The van der Waals surface area contributed by atoms with Crippen LogP contribution in [0.25, 0.3) is 0 Å². The van der Waals surface area contributed by atoms with Gasteiger partial charge in [-0.25, -0.2) is 0 Å². The van der Waals surface area contributed by atoms with E-state index >= 15 is 0 Å². The molecule has 0 bridgehead atoms. The summed E-state index contributed by atoms with van der Waals surface area (Å²) in [5.74, 6) is 0.969. The number of benzene rings is 1. The van der Waals surface area contributed by atoms with Gasteiger partial charge in [0.25, 0.3) is 0 Å². The first-order valence-electron chi connectivity index (χ1n) is 7.54. The van der Waals surface area contributed by atoms with E-state index in [1.807, 2.05) is 13.0 Å². The van der Waals surface area contributed by atoms with Crippen LogP contribution in [0, 0.1) is 0 Å². The Labute approximate surface area is 151 Å². The SMILES string of the molecule is CCOc1c(Br)cc(Br)cc1CNC1CCCCCC1.Cl. The van der Waals surface area contributed by atoms with Crippen LogP contribution in [0.2, 0.25) is 0 Å². The molecule has 0 atom stereocenters. The van der Waals surface area contributed by atoms with Crippen molar-refractivity contribution in [3.05, 3.63) is 26.6 Å². The fraction of sp³-hybridized carbons (Fsp3) is 0.625. The van der Waals surface area contributed by atoms with Crippen molar-refractivity contribution >= 4 is 44.3 Å². The van der Waals surface area contributed by atoms with Gasteiger partial charge >= 0.3 is 0 Å². The van der Waals surface area contributed by atoms with Crippen molar-refractivity contribution in [1.29, 1.82) is 0 Å². The molecule has 1 N–H and O–H groups in total. The Morgan fingerprint density at radius 3 is 2.43 bits per heavy atom. The van der Waals surface area contributed by atoms with Gasteiger partial charge in [0, 0.05) is 22.6 Å². The predicted molar refractivity (Wildman–Crippen MR) is 98.6 cm³/mol. The molecule has 2 rings (SSSR count). The zero-order valence-corrected chi connectivity index (χ0v) is 16.4. The van der Waals surface area contributed by atoms with Crippen molar-refractivity contribution in [2.75, 3.05) is 6.61 Å². The zero-order chi connectivity index (χ0) is 14.4. The fourth-order valence-corrected chi connectivity index (χ4v) is 4.22. The molecule has 0 radical (unpaired) electrons. The Bertz CT molecular complexity index is 435. The van der Waals surface area contributed by atoms with E-state index in [0.29, 0.717) is 12.6 Å². The van der Waals surface area contributed by atoms with Gasteiger partial charge in [-0.15, -0.1) is 12.4 Å². The monoisotopic (exact) mass is 439 g/mol. The van der Waals surface area contributed by atoms with Crippen molar-refractivity contribution in [3.63, 3.8) is 0 Å². The topological polar surface area (TPSA) is 21.3 Å². The van der Waals surface area contributed by atoms with E-state index in [9.17, 15) is 0 Å². The van der Waals surface area contributed by atoms with Crippen LogP contribution < -0.4 is 10.1 Å². The Morgan fingerprint density at radius 2 is 1.81 bits per heavy atom. The molecule has 1 fully saturated rings. The van der Waals surface area contributed by atoms with Gasteiger partial charge in [-0.05, 0) is 47.8 Å². The summed E-state index contributed by atoms with van der Waals surface area (Å²) >= 11 is 7.16. The maximum absolute atomic E-state index is 5.78. The molecule has 21 heavy (non-hydrogen) atoms. The average Bonchev–Trinajstić information content (AvgIpc) is 2.68. The molecule has 1 aliphatic carbocycles. The minimum Gasteiger partial charge on any atom is -0.492 e. The number of hydrogen-bond acceptors (Lipinski definition) is 2. The molecule has 0 unspecified atom stereocenters. The van der Waals surface area contributed by atoms with E-state index in [4.69, 9.17) is 4.74 Å². The lowest BCUT2D eigenvalue weighted by Gasteiger charge is -2.19. The minimum absolute atomic E-state index is 0. The number of rotatable bonds is 5. The Hall–Kier alpha value is 0.230. The number of ether oxygens (including phenoxy) is 1. The molecular weight excluding hydrogens is 417 g/mol. The Balaban J connectivity index is 0.00000220. The van der Waals surface area contributed by atoms with Crippen molar-refractivity contribution in [3.8, 4) is 5.75 Å². The molecule has 1 aromatic carbocycles. The zero-order valence-electron chi connectivity index (χ0n) is 12.5. The standard InChI is InChI=1S/C16H23Br2NO.ClH/c1-2-20-16-12(9-13(17)10-15(16)18)11-19-14-7-5-3-4-6-8-14;/h9-10,14,19H,2-8,11H2,1H3;1H. The Kier molecular flexibility index (Phi) is 9.26. The quantitative estimate of drug-likeness (QED) is 0.579. The van der Waals surface area contributed by atoms with E-state index < -0.39 is 0 Å². The van der Waals surface area contributed by atoms with Crippen LogP contribution >= 0.6 is 44.3 Å². The summed E-state index contributed by atoms with van der Waals surface area (Å²) in [4.78, 5) is 0. The second-order valence-corrected chi connectivity index (χ2v) is 7.15. The van der Waals surface area contributed by atoms with E-state index in [1.165, 1.54) is 44.1 Å². The molecule has 0 heterocycles. The lowest BCUT2D eigenvalue weighted by molar-refractivity contribution is 0.331. The molecule has 0 amide bonds. The van der Waals surface area contributed by atoms with Gasteiger partial charge in [-0.3, -0.25) is 0 Å². The third-order valence-corrected chi connectivity index (χ3v) is 4.86. The second-order valence-electron chi connectivity index (χ2n) is 5.38. The summed E-state index contributed by atoms with van der Waals surface area (Å²) in [7, 11) is 0.